The first kappa shape index (κ1) is 17.7. The zero-order valence-electron chi connectivity index (χ0n) is 14.9. The van der Waals surface area contributed by atoms with Gasteiger partial charge in [-0.15, -0.1) is 0 Å². The fourth-order valence-electron chi connectivity index (χ4n) is 2.72. The van der Waals surface area contributed by atoms with Gasteiger partial charge in [-0.25, -0.2) is 14.5 Å². The number of nitrogens with one attached hydrogen (secondary N) is 1. The topological polar surface area (TPSA) is 63.1 Å². The molecule has 0 aliphatic heterocycles. The molecule has 0 saturated heterocycles. The van der Waals surface area contributed by atoms with Crippen LogP contribution in [-0.4, -0.2) is 32.2 Å². The highest BCUT2D eigenvalue weighted by molar-refractivity contribution is 5.74. The number of amides is 2. The van der Waals surface area contributed by atoms with Gasteiger partial charge in [0.05, 0.1) is 0 Å². The third-order valence-corrected chi connectivity index (χ3v) is 3.99. The number of urea groups is 1. The summed E-state index contributed by atoms with van der Waals surface area (Å²) in [6, 6.07) is 15.6. The number of carbonyl (C=O) groups is 1. The lowest BCUT2D eigenvalue weighted by Gasteiger charge is -2.22. The Morgan fingerprint density at radius 1 is 1.12 bits per heavy atom. The number of hydrogen-bond donors (Lipinski definition) is 1. The lowest BCUT2D eigenvalue weighted by atomic mass is 10.2. The molecule has 0 atom stereocenters. The van der Waals surface area contributed by atoms with Gasteiger partial charge < -0.3 is 10.2 Å². The fraction of sp³-hybridized carbons (Fsp3) is 0.250. The van der Waals surface area contributed by atoms with Gasteiger partial charge in [-0.1, -0.05) is 37.3 Å². The molecule has 0 unspecified atom stereocenters. The molecule has 0 fully saturated rings. The van der Waals surface area contributed by atoms with Crippen LogP contribution in [0.15, 0.2) is 67.1 Å². The van der Waals surface area contributed by atoms with Gasteiger partial charge in [-0.2, -0.15) is 5.10 Å². The van der Waals surface area contributed by atoms with Crippen LogP contribution >= 0.6 is 0 Å². The highest BCUT2D eigenvalue weighted by Crippen LogP contribution is 2.08. The van der Waals surface area contributed by atoms with Crippen LogP contribution in [0.5, 0.6) is 0 Å². The molecule has 2 heterocycles. The van der Waals surface area contributed by atoms with Gasteiger partial charge in [0.15, 0.2) is 5.82 Å². The van der Waals surface area contributed by atoms with Crippen molar-refractivity contribution in [2.75, 3.05) is 6.54 Å². The summed E-state index contributed by atoms with van der Waals surface area (Å²) in [5, 5.41) is 7.19. The average Bonchev–Trinajstić information content (AvgIpc) is 3.22. The molecule has 1 N–H and O–H groups in total. The zero-order chi connectivity index (χ0) is 18.2. The lowest BCUT2D eigenvalue weighted by molar-refractivity contribution is 0.194. The minimum atomic E-state index is -0.0619. The average molecular weight is 349 g/mol. The van der Waals surface area contributed by atoms with Crippen LogP contribution in [0.3, 0.4) is 0 Å². The second kappa shape index (κ2) is 8.80. The largest absolute Gasteiger partial charge is 0.334 e. The molecule has 3 rings (SSSR count). The normalized spacial score (nSPS) is 10.5. The van der Waals surface area contributed by atoms with Crippen molar-refractivity contribution >= 4 is 6.03 Å². The Labute approximate surface area is 153 Å². The van der Waals surface area contributed by atoms with Crippen molar-refractivity contribution < 1.29 is 4.79 Å². The Balaban J connectivity index is 1.62. The first-order valence-corrected chi connectivity index (χ1v) is 8.78. The van der Waals surface area contributed by atoms with E-state index in [-0.39, 0.29) is 6.03 Å². The molecule has 6 nitrogen and oxygen atoms in total. The van der Waals surface area contributed by atoms with E-state index in [4.69, 9.17) is 0 Å². The van der Waals surface area contributed by atoms with Crippen LogP contribution in [-0.2, 0) is 13.1 Å². The Hall–Kier alpha value is -3.15. The van der Waals surface area contributed by atoms with Gasteiger partial charge in [0.1, 0.15) is 0 Å². The van der Waals surface area contributed by atoms with Gasteiger partial charge in [0.2, 0.25) is 0 Å². The molecule has 2 amide bonds. The predicted molar refractivity (Wildman–Crippen MR) is 101 cm³/mol. The predicted octanol–water partition coefficient (Wildman–Crippen LogP) is 3.39. The summed E-state index contributed by atoms with van der Waals surface area (Å²) in [7, 11) is 0. The molecule has 0 aliphatic carbocycles. The first-order chi connectivity index (χ1) is 12.8. The molecule has 26 heavy (non-hydrogen) atoms. The van der Waals surface area contributed by atoms with Crippen molar-refractivity contribution in [3.05, 3.63) is 78.2 Å². The summed E-state index contributed by atoms with van der Waals surface area (Å²) in [5.74, 6) is 0.733. The molecule has 6 heteroatoms. The number of pyridine rings is 1. The van der Waals surface area contributed by atoms with Gasteiger partial charge in [-0.3, -0.25) is 0 Å². The summed E-state index contributed by atoms with van der Waals surface area (Å²) in [6.07, 6.45) is 6.20. The molecule has 1 aromatic carbocycles. The fourth-order valence-corrected chi connectivity index (χ4v) is 2.72. The highest BCUT2D eigenvalue weighted by atomic mass is 16.2. The summed E-state index contributed by atoms with van der Waals surface area (Å²) >= 11 is 0. The van der Waals surface area contributed by atoms with E-state index in [9.17, 15) is 4.79 Å². The molecule has 0 bridgehead atoms. The third kappa shape index (κ3) is 4.69. The van der Waals surface area contributed by atoms with Gasteiger partial charge in [0, 0.05) is 38.2 Å². The standard InChI is InChI=1S/C20H23N5O/c1-2-12-24(16-17-7-4-3-5-8-17)20(26)22-15-18-9-11-21-19(14-18)25-13-6-10-23-25/h3-11,13-14H,2,12,15-16H2,1H3,(H,22,26). The van der Waals surface area contributed by atoms with Crippen molar-refractivity contribution in [2.24, 2.45) is 0 Å². The number of hydrogen-bond acceptors (Lipinski definition) is 3. The summed E-state index contributed by atoms with van der Waals surface area (Å²) < 4.78 is 1.70. The number of nitrogens with zero attached hydrogens (tertiary/aromatic N) is 4. The Bertz CT molecular complexity index is 817. The summed E-state index contributed by atoms with van der Waals surface area (Å²) in [5.41, 5.74) is 2.11. The minimum Gasteiger partial charge on any atom is -0.334 e. The second-order valence-corrected chi connectivity index (χ2v) is 6.04. The Morgan fingerprint density at radius 2 is 1.96 bits per heavy atom. The zero-order valence-corrected chi connectivity index (χ0v) is 14.9. The minimum absolute atomic E-state index is 0.0619. The summed E-state index contributed by atoms with van der Waals surface area (Å²) in [4.78, 5) is 18.8. The van der Waals surface area contributed by atoms with E-state index in [1.165, 1.54) is 0 Å². The quantitative estimate of drug-likeness (QED) is 0.711. The highest BCUT2D eigenvalue weighted by Gasteiger charge is 2.13. The molecular formula is C20H23N5O. The van der Waals surface area contributed by atoms with Crippen LogP contribution in [0.1, 0.15) is 24.5 Å². The van der Waals surface area contributed by atoms with E-state index < -0.39 is 0 Å². The molecule has 0 aliphatic rings. The van der Waals surface area contributed by atoms with E-state index in [2.05, 4.69) is 22.3 Å². The van der Waals surface area contributed by atoms with E-state index >= 15 is 0 Å². The van der Waals surface area contributed by atoms with Crippen LogP contribution in [0, 0.1) is 0 Å². The summed E-state index contributed by atoms with van der Waals surface area (Å²) in [6.45, 7) is 3.85. The van der Waals surface area contributed by atoms with Gasteiger partial charge >= 0.3 is 6.03 Å². The smallest absolute Gasteiger partial charge is 0.317 e. The maximum atomic E-state index is 12.6. The van der Waals surface area contributed by atoms with Crippen molar-refractivity contribution in [1.29, 1.82) is 0 Å². The van der Waals surface area contributed by atoms with Gasteiger partial charge in [-0.05, 0) is 35.7 Å². The van der Waals surface area contributed by atoms with E-state index in [0.717, 1.165) is 29.9 Å². The molecule has 0 saturated carbocycles. The maximum Gasteiger partial charge on any atom is 0.317 e. The number of aromatic nitrogens is 3. The Kier molecular flexibility index (Phi) is 5.98. The van der Waals surface area contributed by atoms with Crippen LogP contribution in [0.4, 0.5) is 4.79 Å². The number of benzene rings is 1. The molecule has 3 aromatic rings. The second-order valence-electron chi connectivity index (χ2n) is 6.04. The van der Waals surface area contributed by atoms with Crippen molar-refractivity contribution in [3.63, 3.8) is 0 Å². The maximum absolute atomic E-state index is 12.6. The van der Waals surface area contributed by atoms with Gasteiger partial charge in [0.25, 0.3) is 0 Å². The SMILES string of the molecule is CCCN(Cc1ccccc1)C(=O)NCc1ccnc(-n2cccn2)c1. The van der Waals surface area contributed by atoms with Crippen LogP contribution in [0.2, 0.25) is 0 Å². The van der Waals surface area contributed by atoms with Crippen molar-refractivity contribution in [2.45, 2.75) is 26.4 Å². The molecule has 0 radical (unpaired) electrons. The molecule has 0 spiro atoms. The molecule has 2 aromatic heterocycles. The number of rotatable bonds is 7. The Morgan fingerprint density at radius 3 is 2.69 bits per heavy atom. The van der Waals surface area contributed by atoms with E-state index in [1.54, 1.807) is 17.1 Å². The van der Waals surface area contributed by atoms with Crippen molar-refractivity contribution in [3.8, 4) is 5.82 Å². The third-order valence-electron chi connectivity index (χ3n) is 3.99. The first-order valence-electron chi connectivity index (χ1n) is 8.78. The molecule has 134 valence electrons. The molecular weight excluding hydrogens is 326 g/mol. The van der Waals surface area contributed by atoms with Crippen molar-refractivity contribution in [1.82, 2.24) is 25.0 Å². The van der Waals surface area contributed by atoms with Crippen LogP contribution in [0.25, 0.3) is 5.82 Å². The van der Waals surface area contributed by atoms with Crippen LogP contribution < -0.4 is 5.32 Å². The lowest BCUT2D eigenvalue weighted by Crippen LogP contribution is -2.39. The number of carbonyl (C=O) groups excluding carboxylic acids is 1. The van der Waals surface area contributed by atoms with E-state index in [0.29, 0.717) is 13.1 Å². The van der Waals surface area contributed by atoms with E-state index in [1.807, 2.05) is 59.6 Å². The monoisotopic (exact) mass is 349 g/mol.